The van der Waals surface area contributed by atoms with Crippen LogP contribution in [0.1, 0.15) is 43.0 Å². The number of ether oxygens (including phenoxy) is 1. The Bertz CT molecular complexity index is 763. The average molecular weight is 421 g/mol. The Kier molecular flexibility index (Phi) is 7.59. The quantitative estimate of drug-likeness (QED) is 0.326. The zero-order valence-corrected chi connectivity index (χ0v) is 16.1. The second-order valence-electron chi connectivity index (χ2n) is 5.81. The molecule has 1 N–H and O–H groups in total. The molecule has 0 aromatic heterocycles. The molecule has 0 atom stereocenters. The number of carbonyl (C=O) groups is 1. The number of anilines is 1. The molecule has 138 valence electrons. The van der Waals surface area contributed by atoms with E-state index in [1.165, 1.54) is 37.1 Å². The predicted octanol–water partition coefficient (Wildman–Crippen LogP) is 5.57. The Hall–Kier alpha value is -2.41. The molecule has 26 heavy (non-hydrogen) atoms. The van der Waals surface area contributed by atoms with Crippen molar-refractivity contribution in [3.8, 4) is 5.75 Å². The van der Waals surface area contributed by atoms with Crippen LogP contribution in [0, 0.1) is 10.1 Å². The van der Waals surface area contributed by atoms with Gasteiger partial charge in [0.1, 0.15) is 5.75 Å². The summed E-state index contributed by atoms with van der Waals surface area (Å²) in [6.07, 6.45) is 4.53. The van der Waals surface area contributed by atoms with Crippen LogP contribution in [0.25, 0.3) is 0 Å². The van der Waals surface area contributed by atoms with Crippen LogP contribution in [0.2, 0.25) is 0 Å². The van der Waals surface area contributed by atoms with Gasteiger partial charge in [0.05, 0.1) is 16.0 Å². The zero-order valence-electron chi connectivity index (χ0n) is 14.5. The highest BCUT2D eigenvalue weighted by Crippen LogP contribution is 2.27. The van der Waals surface area contributed by atoms with E-state index in [9.17, 15) is 14.9 Å². The van der Waals surface area contributed by atoms with E-state index >= 15 is 0 Å². The van der Waals surface area contributed by atoms with Gasteiger partial charge in [-0.3, -0.25) is 14.9 Å². The number of unbranched alkanes of at least 4 members (excludes halogenated alkanes) is 3. The summed E-state index contributed by atoms with van der Waals surface area (Å²) < 4.78 is 6.44. The molecule has 0 unspecified atom stereocenters. The van der Waals surface area contributed by atoms with E-state index in [0.717, 1.165) is 12.8 Å². The highest BCUT2D eigenvalue weighted by molar-refractivity contribution is 9.10. The number of amides is 1. The normalized spacial score (nSPS) is 10.4. The Balaban J connectivity index is 1.94. The monoisotopic (exact) mass is 420 g/mol. The third kappa shape index (κ3) is 5.84. The zero-order chi connectivity index (χ0) is 18.9. The summed E-state index contributed by atoms with van der Waals surface area (Å²) >= 11 is 3.43. The summed E-state index contributed by atoms with van der Waals surface area (Å²) in [6.45, 7) is 2.81. The van der Waals surface area contributed by atoms with Crippen molar-refractivity contribution >= 4 is 33.2 Å². The van der Waals surface area contributed by atoms with Gasteiger partial charge in [-0.15, -0.1) is 0 Å². The molecule has 6 nitrogen and oxygen atoms in total. The average Bonchev–Trinajstić information content (AvgIpc) is 2.63. The molecule has 0 heterocycles. The SMILES string of the molecule is CCCCCCOc1ccc(C(=O)Nc2ccc([N+](=O)[O-])cc2)cc1Br. The number of nitrogens with zero attached hydrogens (tertiary/aromatic N) is 1. The van der Waals surface area contributed by atoms with Gasteiger partial charge in [-0.2, -0.15) is 0 Å². The summed E-state index contributed by atoms with van der Waals surface area (Å²) in [7, 11) is 0. The molecule has 0 saturated carbocycles. The van der Waals surface area contributed by atoms with E-state index < -0.39 is 4.92 Å². The van der Waals surface area contributed by atoms with Crippen LogP contribution in [0.3, 0.4) is 0 Å². The third-order valence-corrected chi connectivity index (χ3v) is 4.41. The number of non-ortho nitro benzene ring substituents is 1. The lowest BCUT2D eigenvalue weighted by atomic mass is 10.2. The fourth-order valence-corrected chi connectivity index (χ4v) is 2.83. The third-order valence-electron chi connectivity index (χ3n) is 3.79. The standard InChI is InChI=1S/C19H21BrN2O4/c1-2-3-4-5-12-26-18-11-6-14(13-17(18)20)19(23)21-15-7-9-16(10-8-15)22(24)25/h6-11,13H,2-5,12H2,1H3,(H,21,23). The molecule has 0 spiro atoms. The molecule has 2 aromatic rings. The number of halogens is 1. The van der Waals surface area contributed by atoms with Gasteiger partial charge >= 0.3 is 0 Å². The molecule has 0 aliphatic heterocycles. The summed E-state index contributed by atoms with van der Waals surface area (Å²) in [5.41, 5.74) is 0.938. The number of carbonyl (C=O) groups excluding carboxylic acids is 1. The van der Waals surface area contributed by atoms with Crippen molar-refractivity contribution in [1.82, 2.24) is 0 Å². The number of benzene rings is 2. The molecule has 2 rings (SSSR count). The van der Waals surface area contributed by atoms with Gasteiger partial charge in [0, 0.05) is 23.4 Å². The molecule has 7 heteroatoms. The maximum Gasteiger partial charge on any atom is 0.269 e. The van der Waals surface area contributed by atoms with E-state index in [1.807, 2.05) is 0 Å². The van der Waals surface area contributed by atoms with E-state index in [2.05, 4.69) is 28.2 Å². The number of nitro benzene ring substituents is 1. The molecule has 2 aromatic carbocycles. The van der Waals surface area contributed by atoms with E-state index in [1.54, 1.807) is 18.2 Å². The summed E-state index contributed by atoms with van der Waals surface area (Å²) in [5, 5.41) is 13.4. The molecule has 0 aliphatic carbocycles. The van der Waals surface area contributed by atoms with Crippen LogP contribution < -0.4 is 10.1 Å². The van der Waals surface area contributed by atoms with E-state index in [4.69, 9.17) is 4.74 Å². The van der Waals surface area contributed by atoms with Crippen LogP contribution >= 0.6 is 15.9 Å². The first-order valence-electron chi connectivity index (χ1n) is 8.49. The van der Waals surface area contributed by atoms with Gasteiger partial charge in [0.25, 0.3) is 11.6 Å². The Morgan fingerprint density at radius 2 is 1.88 bits per heavy atom. The fraction of sp³-hybridized carbons (Fsp3) is 0.316. The molecule has 0 saturated heterocycles. The van der Waals surface area contributed by atoms with Crippen LogP contribution in [0.4, 0.5) is 11.4 Å². The van der Waals surface area contributed by atoms with Gasteiger partial charge in [-0.25, -0.2) is 0 Å². The number of nitro groups is 1. The Morgan fingerprint density at radius 3 is 2.50 bits per heavy atom. The highest BCUT2D eigenvalue weighted by atomic mass is 79.9. The fourth-order valence-electron chi connectivity index (χ4n) is 2.34. The highest BCUT2D eigenvalue weighted by Gasteiger charge is 2.11. The van der Waals surface area contributed by atoms with Crippen molar-refractivity contribution in [2.24, 2.45) is 0 Å². The van der Waals surface area contributed by atoms with E-state index in [0.29, 0.717) is 28.1 Å². The van der Waals surface area contributed by atoms with Crippen molar-refractivity contribution in [3.63, 3.8) is 0 Å². The minimum atomic E-state index is -0.482. The van der Waals surface area contributed by atoms with Gasteiger partial charge < -0.3 is 10.1 Å². The van der Waals surface area contributed by atoms with Crippen molar-refractivity contribution in [2.45, 2.75) is 32.6 Å². The lowest BCUT2D eigenvalue weighted by Gasteiger charge is -2.10. The number of nitrogens with one attached hydrogen (secondary N) is 1. The minimum absolute atomic E-state index is 0.0221. The van der Waals surface area contributed by atoms with Crippen LogP contribution in [0.5, 0.6) is 5.75 Å². The first-order valence-corrected chi connectivity index (χ1v) is 9.28. The minimum Gasteiger partial charge on any atom is -0.492 e. The Morgan fingerprint density at radius 1 is 1.15 bits per heavy atom. The maximum atomic E-state index is 12.3. The number of rotatable bonds is 9. The molecule has 0 aliphatic rings. The van der Waals surface area contributed by atoms with Gasteiger partial charge in [-0.1, -0.05) is 26.2 Å². The second kappa shape index (κ2) is 9.91. The van der Waals surface area contributed by atoms with Crippen molar-refractivity contribution in [2.75, 3.05) is 11.9 Å². The molecular weight excluding hydrogens is 400 g/mol. The van der Waals surface area contributed by atoms with Crippen LogP contribution in [0.15, 0.2) is 46.9 Å². The molecule has 0 radical (unpaired) electrons. The maximum absolute atomic E-state index is 12.3. The number of hydrogen-bond acceptors (Lipinski definition) is 4. The first kappa shape index (κ1) is 19.9. The van der Waals surface area contributed by atoms with Crippen LogP contribution in [-0.2, 0) is 0 Å². The summed E-state index contributed by atoms with van der Waals surface area (Å²) in [6, 6.07) is 10.8. The summed E-state index contributed by atoms with van der Waals surface area (Å²) in [4.78, 5) is 22.5. The van der Waals surface area contributed by atoms with E-state index in [-0.39, 0.29) is 11.6 Å². The van der Waals surface area contributed by atoms with Gasteiger partial charge in [0.2, 0.25) is 0 Å². The van der Waals surface area contributed by atoms with Crippen LogP contribution in [-0.4, -0.2) is 17.4 Å². The lowest BCUT2D eigenvalue weighted by molar-refractivity contribution is -0.384. The topological polar surface area (TPSA) is 81.5 Å². The largest absolute Gasteiger partial charge is 0.492 e. The van der Waals surface area contributed by atoms with Gasteiger partial charge in [0.15, 0.2) is 0 Å². The second-order valence-corrected chi connectivity index (χ2v) is 6.67. The van der Waals surface area contributed by atoms with Crippen molar-refractivity contribution < 1.29 is 14.5 Å². The molecule has 1 amide bonds. The lowest BCUT2D eigenvalue weighted by Crippen LogP contribution is -2.12. The van der Waals surface area contributed by atoms with Crippen molar-refractivity contribution in [1.29, 1.82) is 0 Å². The predicted molar refractivity (Wildman–Crippen MR) is 105 cm³/mol. The summed E-state index contributed by atoms with van der Waals surface area (Å²) in [5.74, 6) is 0.405. The molecule has 0 bridgehead atoms. The number of hydrogen-bond donors (Lipinski definition) is 1. The Labute approximate surface area is 160 Å². The molecule has 0 fully saturated rings. The first-order chi connectivity index (χ1) is 12.5. The smallest absolute Gasteiger partial charge is 0.269 e. The van der Waals surface area contributed by atoms with Crippen molar-refractivity contribution in [3.05, 3.63) is 62.6 Å². The molecular formula is C19H21BrN2O4. The van der Waals surface area contributed by atoms with Gasteiger partial charge in [-0.05, 0) is 52.7 Å².